The van der Waals surface area contributed by atoms with Crippen molar-refractivity contribution >= 4 is 5.78 Å². The van der Waals surface area contributed by atoms with Crippen LogP contribution in [0, 0.1) is 5.92 Å². The molecule has 0 radical (unpaired) electrons. The molecule has 0 N–H and O–H groups in total. The SMILES string of the molecule is O=C(CC1CC1)c1ccc(C2CCCCC2)cc1. The van der Waals surface area contributed by atoms with Gasteiger partial charge in [-0.05, 0) is 43.1 Å². The molecule has 0 unspecified atom stereocenters. The minimum Gasteiger partial charge on any atom is -0.294 e. The Hall–Kier alpha value is -1.11. The van der Waals surface area contributed by atoms with Crippen molar-refractivity contribution in [1.29, 1.82) is 0 Å². The van der Waals surface area contributed by atoms with Gasteiger partial charge in [-0.15, -0.1) is 0 Å². The fraction of sp³-hybridized carbons (Fsp3) is 0.588. The molecule has 2 saturated carbocycles. The Balaban J connectivity index is 1.65. The summed E-state index contributed by atoms with van der Waals surface area (Å²) < 4.78 is 0. The van der Waals surface area contributed by atoms with E-state index < -0.39 is 0 Å². The van der Waals surface area contributed by atoms with Crippen LogP contribution in [0.4, 0.5) is 0 Å². The Labute approximate surface area is 110 Å². The number of rotatable bonds is 4. The zero-order valence-electron chi connectivity index (χ0n) is 11.0. The Morgan fingerprint density at radius 3 is 2.22 bits per heavy atom. The molecule has 96 valence electrons. The summed E-state index contributed by atoms with van der Waals surface area (Å²) in [5.74, 6) is 1.77. The van der Waals surface area contributed by atoms with Crippen LogP contribution in [0.15, 0.2) is 24.3 Å². The van der Waals surface area contributed by atoms with Crippen molar-refractivity contribution in [3.63, 3.8) is 0 Å². The summed E-state index contributed by atoms with van der Waals surface area (Å²) >= 11 is 0. The lowest BCUT2D eigenvalue weighted by molar-refractivity contribution is 0.0976. The van der Waals surface area contributed by atoms with Crippen molar-refractivity contribution in [2.24, 2.45) is 5.92 Å². The van der Waals surface area contributed by atoms with E-state index in [0.29, 0.717) is 11.7 Å². The molecule has 3 rings (SSSR count). The summed E-state index contributed by atoms with van der Waals surface area (Å²) in [4.78, 5) is 12.0. The fourth-order valence-corrected chi connectivity index (χ4v) is 3.08. The number of carbonyl (C=O) groups excluding carboxylic acids is 1. The number of hydrogen-bond donors (Lipinski definition) is 0. The molecule has 2 aliphatic carbocycles. The molecular formula is C17H22O. The molecule has 1 aromatic carbocycles. The van der Waals surface area contributed by atoms with Crippen molar-refractivity contribution in [2.45, 2.75) is 57.3 Å². The molecule has 1 nitrogen and oxygen atoms in total. The quantitative estimate of drug-likeness (QED) is 0.698. The normalized spacial score (nSPS) is 20.9. The highest BCUT2D eigenvalue weighted by molar-refractivity contribution is 5.96. The van der Waals surface area contributed by atoms with Crippen molar-refractivity contribution in [3.05, 3.63) is 35.4 Å². The van der Waals surface area contributed by atoms with Crippen molar-refractivity contribution < 1.29 is 4.79 Å². The molecule has 0 bridgehead atoms. The number of ketones is 1. The lowest BCUT2D eigenvalue weighted by Crippen LogP contribution is -2.05. The van der Waals surface area contributed by atoms with Gasteiger partial charge in [0.25, 0.3) is 0 Å². The largest absolute Gasteiger partial charge is 0.294 e. The second-order valence-electron chi connectivity index (χ2n) is 6.03. The minimum atomic E-state index is 0.340. The highest BCUT2D eigenvalue weighted by Gasteiger charge is 2.25. The third-order valence-corrected chi connectivity index (χ3v) is 4.48. The topological polar surface area (TPSA) is 17.1 Å². The average molecular weight is 242 g/mol. The van der Waals surface area contributed by atoms with Gasteiger partial charge in [0.2, 0.25) is 0 Å². The van der Waals surface area contributed by atoms with Crippen molar-refractivity contribution in [1.82, 2.24) is 0 Å². The smallest absolute Gasteiger partial charge is 0.163 e. The summed E-state index contributed by atoms with van der Waals surface area (Å²) in [7, 11) is 0. The van der Waals surface area contributed by atoms with E-state index in [4.69, 9.17) is 0 Å². The van der Waals surface area contributed by atoms with Crippen LogP contribution in [0.2, 0.25) is 0 Å². The summed E-state index contributed by atoms with van der Waals surface area (Å²) in [5, 5.41) is 0. The van der Waals surface area contributed by atoms with Gasteiger partial charge in [-0.1, -0.05) is 43.5 Å². The summed E-state index contributed by atoms with van der Waals surface area (Å²) in [6.45, 7) is 0. The predicted octanol–water partition coefficient (Wildman–Crippen LogP) is 4.72. The monoisotopic (exact) mass is 242 g/mol. The maximum atomic E-state index is 12.0. The number of Topliss-reactive ketones (excluding diaryl/α,β-unsaturated/α-hetero) is 1. The summed E-state index contributed by atoms with van der Waals surface area (Å²) in [6.07, 6.45) is 10.1. The summed E-state index contributed by atoms with van der Waals surface area (Å²) in [6, 6.07) is 8.48. The molecule has 0 atom stereocenters. The number of benzene rings is 1. The molecule has 2 fully saturated rings. The van der Waals surface area contributed by atoms with E-state index in [0.717, 1.165) is 17.9 Å². The molecule has 1 aromatic rings. The van der Waals surface area contributed by atoms with Gasteiger partial charge < -0.3 is 0 Å². The van der Waals surface area contributed by atoms with Crippen LogP contribution in [-0.4, -0.2) is 5.78 Å². The van der Waals surface area contributed by atoms with Gasteiger partial charge in [-0.2, -0.15) is 0 Å². The molecule has 0 aromatic heterocycles. The molecule has 18 heavy (non-hydrogen) atoms. The van der Waals surface area contributed by atoms with E-state index in [2.05, 4.69) is 24.3 Å². The lowest BCUT2D eigenvalue weighted by atomic mass is 9.84. The van der Waals surface area contributed by atoms with E-state index in [1.165, 1.54) is 50.5 Å². The van der Waals surface area contributed by atoms with E-state index >= 15 is 0 Å². The van der Waals surface area contributed by atoms with Gasteiger partial charge in [0.05, 0.1) is 0 Å². The van der Waals surface area contributed by atoms with Crippen LogP contribution in [0.5, 0.6) is 0 Å². The maximum Gasteiger partial charge on any atom is 0.163 e. The molecular weight excluding hydrogens is 220 g/mol. The molecule has 1 heteroatoms. The van der Waals surface area contributed by atoms with Gasteiger partial charge in [-0.25, -0.2) is 0 Å². The highest BCUT2D eigenvalue weighted by atomic mass is 16.1. The molecule has 0 spiro atoms. The van der Waals surface area contributed by atoms with Crippen LogP contribution in [-0.2, 0) is 0 Å². The van der Waals surface area contributed by atoms with Crippen molar-refractivity contribution in [3.8, 4) is 0 Å². The van der Waals surface area contributed by atoms with E-state index in [1.807, 2.05) is 0 Å². The van der Waals surface area contributed by atoms with Crippen LogP contribution < -0.4 is 0 Å². The standard InChI is InChI=1S/C17H22O/c18-17(12-13-6-7-13)16-10-8-15(9-11-16)14-4-2-1-3-5-14/h8-11,13-14H,1-7,12H2. The Bertz CT molecular complexity index is 408. The first-order valence-electron chi connectivity index (χ1n) is 7.46. The van der Waals surface area contributed by atoms with Gasteiger partial charge >= 0.3 is 0 Å². The number of carbonyl (C=O) groups is 1. The molecule has 0 saturated heterocycles. The zero-order valence-corrected chi connectivity index (χ0v) is 11.0. The average Bonchev–Trinajstić information content (AvgIpc) is 3.24. The van der Waals surface area contributed by atoms with Gasteiger partial charge in [0, 0.05) is 12.0 Å². The fourth-order valence-electron chi connectivity index (χ4n) is 3.08. The van der Waals surface area contributed by atoms with Crippen molar-refractivity contribution in [2.75, 3.05) is 0 Å². The Morgan fingerprint density at radius 2 is 1.61 bits per heavy atom. The molecule has 0 aliphatic heterocycles. The second-order valence-corrected chi connectivity index (χ2v) is 6.03. The first-order valence-corrected chi connectivity index (χ1v) is 7.46. The first kappa shape index (κ1) is 12.0. The lowest BCUT2D eigenvalue weighted by Gasteiger charge is -2.22. The van der Waals surface area contributed by atoms with Gasteiger partial charge in [-0.3, -0.25) is 4.79 Å². The molecule has 2 aliphatic rings. The van der Waals surface area contributed by atoms with Gasteiger partial charge in [0.15, 0.2) is 5.78 Å². The van der Waals surface area contributed by atoms with E-state index in [9.17, 15) is 4.79 Å². The van der Waals surface area contributed by atoms with Crippen LogP contribution >= 0.6 is 0 Å². The Kier molecular flexibility index (Phi) is 3.49. The minimum absolute atomic E-state index is 0.340. The summed E-state index contributed by atoms with van der Waals surface area (Å²) in [5.41, 5.74) is 2.36. The maximum absolute atomic E-state index is 12.0. The van der Waals surface area contributed by atoms with Crippen LogP contribution in [0.1, 0.15) is 73.2 Å². The second kappa shape index (κ2) is 5.26. The Morgan fingerprint density at radius 1 is 0.944 bits per heavy atom. The first-order chi connectivity index (χ1) is 8.83. The third-order valence-electron chi connectivity index (χ3n) is 4.48. The van der Waals surface area contributed by atoms with Crippen LogP contribution in [0.3, 0.4) is 0 Å². The van der Waals surface area contributed by atoms with Crippen LogP contribution in [0.25, 0.3) is 0 Å². The van der Waals surface area contributed by atoms with E-state index in [1.54, 1.807) is 0 Å². The third kappa shape index (κ3) is 2.82. The zero-order chi connectivity index (χ0) is 12.4. The predicted molar refractivity (Wildman–Crippen MR) is 73.9 cm³/mol. The molecule has 0 heterocycles. The highest BCUT2D eigenvalue weighted by Crippen LogP contribution is 2.34. The molecule has 0 amide bonds. The van der Waals surface area contributed by atoms with E-state index in [-0.39, 0.29) is 0 Å². The van der Waals surface area contributed by atoms with Gasteiger partial charge in [0.1, 0.15) is 0 Å². The number of hydrogen-bond acceptors (Lipinski definition) is 1.